The maximum atomic E-state index is 13.6. The van der Waals surface area contributed by atoms with Crippen LogP contribution in [0.2, 0.25) is 0 Å². The summed E-state index contributed by atoms with van der Waals surface area (Å²) in [6.07, 6.45) is 1.74. The van der Waals surface area contributed by atoms with Crippen molar-refractivity contribution in [2.45, 2.75) is 20.5 Å². The van der Waals surface area contributed by atoms with Gasteiger partial charge in [0.1, 0.15) is 23.4 Å². The third kappa shape index (κ3) is 4.93. The van der Waals surface area contributed by atoms with Crippen molar-refractivity contribution >= 4 is 23.0 Å². The van der Waals surface area contributed by atoms with Gasteiger partial charge >= 0.3 is 0 Å². The lowest BCUT2D eigenvalue weighted by Crippen LogP contribution is -2.31. The molecule has 4 aromatic rings. The van der Waals surface area contributed by atoms with E-state index < -0.39 is 0 Å². The highest BCUT2D eigenvalue weighted by Gasteiger charge is 2.15. The number of hydrogen-bond donors (Lipinski definition) is 0. The summed E-state index contributed by atoms with van der Waals surface area (Å²) in [4.78, 5) is 13.6. The molecule has 0 aliphatic carbocycles. The highest BCUT2D eigenvalue weighted by atomic mass is 32.1. The van der Waals surface area contributed by atoms with Gasteiger partial charge in [-0.1, -0.05) is 54.6 Å². The van der Waals surface area contributed by atoms with Crippen LogP contribution >= 0.6 is 11.3 Å². The summed E-state index contributed by atoms with van der Waals surface area (Å²) in [7, 11) is 1.57. The Morgan fingerprint density at radius 1 is 0.972 bits per heavy atom. The van der Waals surface area contributed by atoms with Gasteiger partial charge in [-0.15, -0.1) is 11.3 Å². The van der Waals surface area contributed by atoms with E-state index in [1.54, 1.807) is 19.3 Å². The number of hydrogen-bond acceptors (Lipinski definition) is 6. The van der Waals surface area contributed by atoms with Gasteiger partial charge in [-0.3, -0.25) is 9.36 Å². The number of benzene rings is 3. The topological polar surface area (TPSA) is 88.0 Å². The van der Waals surface area contributed by atoms with Crippen LogP contribution in [0.1, 0.15) is 22.3 Å². The van der Waals surface area contributed by atoms with E-state index in [-0.39, 0.29) is 11.1 Å². The van der Waals surface area contributed by atoms with Crippen molar-refractivity contribution in [1.82, 2.24) is 4.57 Å². The molecule has 0 bridgehead atoms. The summed E-state index contributed by atoms with van der Waals surface area (Å²) < 4.78 is 13.6. The Morgan fingerprint density at radius 3 is 2.31 bits per heavy atom. The Labute approximate surface area is 212 Å². The van der Waals surface area contributed by atoms with E-state index in [9.17, 15) is 15.3 Å². The summed E-state index contributed by atoms with van der Waals surface area (Å²) in [5.74, 6) is 1.12. The predicted octanol–water partition coefficient (Wildman–Crippen LogP) is 4.13. The third-order valence-electron chi connectivity index (χ3n) is 5.65. The molecule has 0 radical (unpaired) electrons. The zero-order valence-electron chi connectivity index (χ0n) is 20.1. The number of thiazole rings is 1. The molecule has 1 heterocycles. The van der Waals surface area contributed by atoms with E-state index >= 15 is 0 Å². The fraction of sp³-hybridized carbons (Fsp3) is 0.138. The zero-order valence-corrected chi connectivity index (χ0v) is 20.9. The van der Waals surface area contributed by atoms with E-state index in [1.807, 2.05) is 86.6 Å². The average molecular weight is 494 g/mol. The van der Waals surface area contributed by atoms with Crippen molar-refractivity contribution in [3.05, 3.63) is 109 Å². The van der Waals surface area contributed by atoms with Crippen molar-refractivity contribution in [2.24, 2.45) is 0 Å². The molecule has 0 saturated heterocycles. The highest BCUT2D eigenvalue weighted by Crippen LogP contribution is 2.29. The second-order valence-electron chi connectivity index (χ2n) is 8.08. The summed E-state index contributed by atoms with van der Waals surface area (Å²) >= 11 is 1.12. The number of methoxy groups -OCH3 is 1. The zero-order chi connectivity index (χ0) is 25.7. The lowest BCUT2D eigenvalue weighted by Gasteiger charge is -2.11. The minimum atomic E-state index is -0.294. The van der Waals surface area contributed by atoms with Crippen LogP contribution in [0.25, 0.3) is 17.3 Å². The predicted molar refractivity (Wildman–Crippen MR) is 141 cm³/mol. The smallest absolute Gasteiger partial charge is 0.273 e. The van der Waals surface area contributed by atoms with Crippen molar-refractivity contribution in [3.8, 4) is 29.3 Å². The van der Waals surface area contributed by atoms with Crippen molar-refractivity contribution in [3.63, 3.8) is 0 Å². The number of aromatic nitrogens is 1. The van der Waals surface area contributed by atoms with Gasteiger partial charge in [-0.05, 0) is 54.3 Å². The molecule has 6 nitrogen and oxygen atoms in total. The Hall–Kier alpha value is -4.59. The molecule has 178 valence electrons. The SMILES string of the molecule is COc1ccc(C=c2sc(=C(C#N)C#N)n(-c3c(C)cccc3C)c2=O)cc1OCc1ccccc1. The first kappa shape index (κ1) is 24.5. The Kier molecular flexibility index (Phi) is 7.34. The molecule has 0 saturated carbocycles. The Morgan fingerprint density at radius 2 is 1.67 bits per heavy atom. The first-order chi connectivity index (χ1) is 17.5. The molecule has 7 heteroatoms. The van der Waals surface area contributed by atoms with Crippen LogP contribution in [0.15, 0.2) is 71.5 Å². The molecule has 36 heavy (non-hydrogen) atoms. The minimum absolute atomic E-state index is 0.110. The van der Waals surface area contributed by atoms with E-state index in [0.29, 0.717) is 33.0 Å². The third-order valence-corrected chi connectivity index (χ3v) is 6.74. The van der Waals surface area contributed by atoms with E-state index in [2.05, 4.69) is 0 Å². The summed E-state index contributed by atoms with van der Waals surface area (Å²) in [6, 6.07) is 24.8. The second-order valence-corrected chi connectivity index (χ2v) is 9.11. The van der Waals surface area contributed by atoms with Crippen LogP contribution in [0.3, 0.4) is 0 Å². The quantitative estimate of drug-likeness (QED) is 0.403. The number of rotatable bonds is 6. The van der Waals surface area contributed by atoms with Crippen LogP contribution < -0.4 is 24.2 Å². The van der Waals surface area contributed by atoms with Gasteiger partial charge in [0.05, 0.1) is 17.3 Å². The van der Waals surface area contributed by atoms with Crippen molar-refractivity contribution in [1.29, 1.82) is 10.5 Å². The molecule has 0 spiro atoms. The van der Waals surface area contributed by atoms with E-state index in [0.717, 1.165) is 33.6 Å². The summed E-state index contributed by atoms with van der Waals surface area (Å²) in [6.45, 7) is 4.17. The van der Waals surface area contributed by atoms with E-state index in [1.165, 1.54) is 4.57 Å². The van der Waals surface area contributed by atoms with Gasteiger partial charge in [-0.25, -0.2) is 0 Å². The monoisotopic (exact) mass is 493 g/mol. The molecule has 0 fully saturated rings. The molecular weight excluding hydrogens is 470 g/mol. The first-order valence-electron chi connectivity index (χ1n) is 11.2. The Bertz CT molecular complexity index is 1650. The van der Waals surface area contributed by atoms with Crippen LogP contribution in [0.4, 0.5) is 0 Å². The molecule has 0 amide bonds. The van der Waals surface area contributed by atoms with Crippen LogP contribution in [0, 0.1) is 36.5 Å². The van der Waals surface area contributed by atoms with Gasteiger partial charge in [0.15, 0.2) is 17.1 Å². The maximum absolute atomic E-state index is 13.6. The van der Waals surface area contributed by atoms with Gasteiger partial charge < -0.3 is 9.47 Å². The number of ether oxygens (including phenoxy) is 2. The normalized spacial score (nSPS) is 11.0. The number of para-hydroxylation sites is 1. The van der Waals surface area contributed by atoms with Gasteiger partial charge in [0.2, 0.25) is 0 Å². The Balaban J connectivity index is 1.88. The lowest BCUT2D eigenvalue weighted by atomic mass is 10.1. The molecule has 0 unspecified atom stereocenters. The standard InChI is InChI=1S/C29H23N3O3S/c1-19-8-7-9-20(2)27(19)32-28(33)26(36-29(32)23(16-30)17-31)15-22-12-13-24(34-3)25(14-22)35-18-21-10-5-4-6-11-21/h4-15H,18H2,1-3H3. The molecule has 0 aliphatic heterocycles. The molecule has 3 aromatic carbocycles. The molecule has 4 rings (SSSR count). The minimum Gasteiger partial charge on any atom is -0.493 e. The number of nitrogens with zero attached hydrogens (tertiary/aromatic N) is 3. The van der Waals surface area contributed by atoms with E-state index in [4.69, 9.17) is 9.47 Å². The molecule has 0 atom stereocenters. The van der Waals surface area contributed by atoms with Crippen LogP contribution in [-0.4, -0.2) is 11.7 Å². The van der Waals surface area contributed by atoms with Gasteiger partial charge in [0.25, 0.3) is 5.56 Å². The second kappa shape index (κ2) is 10.8. The number of aryl methyl sites for hydroxylation is 2. The van der Waals surface area contributed by atoms with Crippen molar-refractivity contribution < 1.29 is 9.47 Å². The largest absolute Gasteiger partial charge is 0.493 e. The van der Waals surface area contributed by atoms with Gasteiger partial charge in [0, 0.05) is 0 Å². The highest BCUT2D eigenvalue weighted by molar-refractivity contribution is 7.07. The van der Waals surface area contributed by atoms with Gasteiger partial charge in [-0.2, -0.15) is 10.5 Å². The molecule has 0 aliphatic rings. The average Bonchev–Trinajstić information content (AvgIpc) is 3.19. The fourth-order valence-corrected chi connectivity index (χ4v) is 4.96. The maximum Gasteiger partial charge on any atom is 0.273 e. The molecule has 1 aromatic heterocycles. The lowest BCUT2D eigenvalue weighted by molar-refractivity contribution is 0.284. The molecular formula is C29H23N3O3S. The number of nitriles is 2. The fourth-order valence-electron chi connectivity index (χ4n) is 3.91. The first-order valence-corrected chi connectivity index (χ1v) is 12.0. The van der Waals surface area contributed by atoms with Crippen LogP contribution in [0.5, 0.6) is 11.5 Å². The molecule has 0 N–H and O–H groups in total. The van der Waals surface area contributed by atoms with Crippen LogP contribution in [-0.2, 0) is 6.61 Å². The summed E-state index contributed by atoms with van der Waals surface area (Å²) in [5.41, 5.74) is 3.77. The summed E-state index contributed by atoms with van der Waals surface area (Å²) in [5, 5.41) is 19.1. The van der Waals surface area contributed by atoms with Crippen molar-refractivity contribution in [2.75, 3.05) is 7.11 Å².